The van der Waals surface area contributed by atoms with Crippen molar-refractivity contribution in [1.29, 1.82) is 0 Å². The summed E-state index contributed by atoms with van der Waals surface area (Å²) in [6.07, 6.45) is 1.66. The topological polar surface area (TPSA) is 49.8 Å². The molecule has 0 unspecified atom stereocenters. The van der Waals surface area contributed by atoms with Gasteiger partial charge in [-0.3, -0.25) is 4.79 Å². The number of hydrogen-bond donors (Lipinski definition) is 1. The maximum atomic E-state index is 11.8. The first-order valence-corrected chi connectivity index (χ1v) is 6.24. The third-order valence-electron chi connectivity index (χ3n) is 3.19. The molecule has 1 fully saturated rings. The fourth-order valence-corrected chi connectivity index (χ4v) is 1.78. The van der Waals surface area contributed by atoms with Crippen LogP contribution in [0.15, 0.2) is 24.3 Å². The Labute approximate surface area is 107 Å². The van der Waals surface area contributed by atoms with Crippen molar-refractivity contribution < 1.29 is 14.6 Å². The normalized spacial score (nSPS) is 16.2. The number of carbonyl (C=O) groups is 1. The van der Waals surface area contributed by atoms with E-state index >= 15 is 0 Å². The van der Waals surface area contributed by atoms with Crippen LogP contribution in [0.4, 0.5) is 0 Å². The van der Waals surface area contributed by atoms with Gasteiger partial charge in [-0.25, -0.2) is 0 Å². The molecule has 1 aliphatic carbocycles. The second-order valence-electron chi connectivity index (χ2n) is 4.77. The first-order valence-electron chi connectivity index (χ1n) is 6.24. The van der Waals surface area contributed by atoms with Crippen LogP contribution >= 0.6 is 0 Å². The number of rotatable bonds is 5. The highest BCUT2D eigenvalue weighted by Gasteiger charge is 2.29. The Morgan fingerprint density at radius 1 is 1.56 bits per heavy atom. The maximum Gasteiger partial charge on any atom is 0.260 e. The van der Waals surface area contributed by atoms with E-state index < -0.39 is 6.10 Å². The Morgan fingerprint density at radius 2 is 2.28 bits per heavy atom. The summed E-state index contributed by atoms with van der Waals surface area (Å²) in [5.41, 5.74) is 0.787. The van der Waals surface area contributed by atoms with Gasteiger partial charge in [0.2, 0.25) is 0 Å². The smallest absolute Gasteiger partial charge is 0.260 e. The minimum absolute atomic E-state index is 0.0000463. The molecule has 0 heterocycles. The van der Waals surface area contributed by atoms with Crippen molar-refractivity contribution in [2.45, 2.75) is 31.9 Å². The number of hydrogen-bond acceptors (Lipinski definition) is 3. The van der Waals surface area contributed by atoms with Crippen molar-refractivity contribution in [3.8, 4) is 5.75 Å². The van der Waals surface area contributed by atoms with E-state index in [1.165, 1.54) is 0 Å². The lowest BCUT2D eigenvalue weighted by Gasteiger charge is -2.16. The Morgan fingerprint density at radius 3 is 2.89 bits per heavy atom. The van der Waals surface area contributed by atoms with Crippen molar-refractivity contribution in [1.82, 2.24) is 4.90 Å². The number of ether oxygens (including phenoxy) is 1. The average molecular weight is 249 g/mol. The third kappa shape index (κ3) is 3.23. The van der Waals surface area contributed by atoms with Crippen LogP contribution in [0.5, 0.6) is 5.75 Å². The Hall–Kier alpha value is -1.55. The summed E-state index contributed by atoms with van der Waals surface area (Å²) in [4.78, 5) is 13.5. The largest absolute Gasteiger partial charge is 0.484 e. The van der Waals surface area contributed by atoms with Crippen LogP contribution in [0.2, 0.25) is 0 Å². The maximum absolute atomic E-state index is 11.8. The SMILES string of the molecule is C[C@@H](O)c1cccc(OCC(=O)N(C)C2CC2)c1. The molecular formula is C14H19NO3. The molecular weight excluding hydrogens is 230 g/mol. The van der Waals surface area contributed by atoms with Crippen molar-refractivity contribution in [3.05, 3.63) is 29.8 Å². The minimum Gasteiger partial charge on any atom is -0.484 e. The molecule has 1 saturated carbocycles. The van der Waals surface area contributed by atoms with Crippen molar-refractivity contribution >= 4 is 5.91 Å². The van der Waals surface area contributed by atoms with Crippen LogP contribution in [0.25, 0.3) is 0 Å². The van der Waals surface area contributed by atoms with E-state index in [2.05, 4.69) is 0 Å². The number of likely N-dealkylation sites (N-methyl/N-ethyl adjacent to an activating group) is 1. The van der Waals surface area contributed by atoms with Crippen LogP contribution in [-0.2, 0) is 4.79 Å². The Kier molecular flexibility index (Phi) is 3.87. The highest BCUT2D eigenvalue weighted by Crippen LogP contribution is 2.25. The molecule has 0 saturated heterocycles. The van der Waals surface area contributed by atoms with Gasteiger partial charge in [-0.2, -0.15) is 0 Å². The van der Waals surface area contributed by atoms with Crippen LogP contribution in [-0.4, -0.2) is 35.6 Å². The molecule has 0 aromatic heterocycles. The molecule has 98 valence electrons. The van der Waals surface area contributed by atoms with Crippen molar-refractivity contribution in [3.63, 3.8) is 0 Å². The molecule has 1 aliphatic rings. The quantitative estimate of drug-likeness (QED) is 0.864. The molecule has 1 aromatic carbocycles. The molecule has 0 spiro atoms. The molecule has 0 aliphatic heterocycles. The number of nitrogens with zero attached hydrogens (tertiary/aromatic N) is 1. The summed E-state index contributed by atoms with van der Waals surface area (Å²) in [6, 6.07) is 7.60. The zero-order valence-corrected chi connectivity index (χ0v) is 10.8. The van der Waals surface area contributed by atoms with Crippen LogP contribution in [0.3, 0.4) is 0 Å². The van der Waals surface area contributed by atoms with Gasteiger partial charge in [-0.05, 0) is 37.5 Å². The number of aliphatic hydroxyl groups excluding tert-OH is 1. The van der Waals surface area contributed by atoms with Gasteiger partial charge in [0.05, 0.1) is 6.10 Å². The van der Waals surface area contributed by atoms with Gasteiger partial charge >= 0.3 is 0 Å². The van der Waals surface area contributed by atoms with Gasteiger partial charge in [0, 0.05) is 13.1 Å². The average Bonchev–Trinajstić information content (AvgIpc) is 3.19. The molecule has 18 heavy (non-hydrogen) atoms. The summed E-state index contributed by atoms with van der Waals surface area (Å²) in [6.45, 7) is 1.75. The van der Waals surface area contributed by atoms with Gasteiger partial charge in [0.1, 0.15) is 5.75 Å². The second kappa shape index (κ2) is 5.40. The fourth-order valence-electron chi connectivity index (χ4n) is 1.78. The minimum atomic E-state index is -0.529. The van der Waals surface area contributed by atoms with Gasteiger partial charge in [0.15, 0.2) is 6.61 Å². The van der Waals surface area contributed by atoms with Crippen LogP contribution in [0, 0.1) is 0 Å². The van der Waals surface area contributed by atoms with E-state index in [1.54, 1.807) is 24.0 Å². The molecule has 1 amide bonds. The first kappa shape index (κ1) is 12.9. The van der Waals surface area contributed by atoms with Gasteiger partial charge in [-0.1, -0.05) is 12.1 Å². The van der Waals surface area contributed by atoms with Crippen LogP contribution < -0.4 is 4.74 Å². The number of carbonyl (C=O) groups excluding carboxylic acids is 1. The summed E-state index contributed by atoms with van der Waals surface area (Å²) < 4.78 is 5.46. The summed E-state index contributed by atoms with van der Waals surface area (Å²) in [7, 11) is 1.82. The predicted molar refractivity (Wildman–Crippen MR) is 68.4 cm³/mol. The molecule has 0 radical (unpaired) electrons. The van der Waals surface area contributed by atoms with E-state index in [-0.39, 0.29) is 12.5 Å². The van der Waals surface area contributed by atoms with Crippen molar-refractivity contribution in [2.24, 2.45) is 0 Å². The summed E-state index contributed by atoms with van der Waals surface area (Å²) in [5.74, 6) is 0.617. The Balaban J connectivity index is 1.89. The number of benzene rings is 1. The zero-order valence-electron chi connectivity index (χ0n) is 10.8. The summed E-state index contributed by atoms with van der Waals surface area (Å²) >= 11 is 0. The molecule has 0 bridgehead atoms. The predicted octanol–water partition coefficient (Wildman–Crippen LogP) is 1.74. The van der Waals surface area contributed by atoms with Gasteiger partial charge < -0.3 is 14.7 Å². The molecule has 4 heteroatoms. The lowest BCUT2D eigenvalue weighted by atomic mass is 10.1. The Bertz CT molecular complexity index is 427. The second-order valence-corrected chi connectivity index (χ2v) is 4.77. The van der Waals surface area contributed by atoms with E-state index in [1.807, 2.05) is 19.2 Å². The molecule has 4 nitrogen and oxygen atoms in total. The molecule has 1 N–H and O–H groups in total. The van der Waals surface area contributed by atoms with E-state index in [0.29, 0.717) is 11.8 Å². The van der Waals surface area contributed by atoms with Gasteiger partial charge in [-0.15, -0.1) is 0 Å². The van der Waals surface area contributed by atoms with Gasteiger partial charge in [0.25, 0.3) is 5.91 Å². The lowest BCUT2D eigenvalue weighted by molar-refractivity contribution is -0.132. The first-order chi connectivity index (χ1) is 8.58. The van der Waals surface area contributed by atoms with E-state index in [9.17, 15) is 9.90 Å². The third-order valence-corrected chi connectivity index (χ3v) is 3.19. The monoisotopic (exact) mass is 249 g/mol. The lowest BCUT2D eigenvalue weighted by Crippen LogP contribution is -2.33. The molecule has 1 aromatic rings. The number of amides is 1. The standard InChI is InChI=1S/C14H19NO3/c1-10(16)11-4-3-5-13(8-11)18-9-14(17)15(2)12-6-7-12/h3-5,8,10,12,16H,6-7,9H2,1-2H3/t10-/m1/s1. The van der Waals surface area contributed by atoms with E-state index in [4.69, 9.17) is 4.74 Å². The fraction of sp³-hybridized carbons (Fsp3) is 0.500. The van der Waals surface area contributed by atoms with E-state index in [0.717, 1.165) is 18.4 Å². The molecule has 1 atom stereocenters. The zero-order chi connectivity index (χ0) is 13.1. The number of aliphatic hydroxyl groups is 1. The van der Waals surface area contributed by atoms with Crippen LogP contribution in [0.1, 0.15) is 31.4 Å². The highest BCUT2D eigenvalue weighted by atomic mass is 16.5. The highest BCUT2D eigenvalue weighted by molar-refractivity contribution is 5.78. The summed E-state index contributed by atoms with van der Waals surface area (Å²) in [5, 5.41) is 9.46. The van der Waals surface area contributed by atoms with Crippen molar-refractivity contribution in [2.75, 3.05) is 13.7 Å². The molecule has 2 rings (SSSR count).